The molecule has 1 N–H and O–H groups in total. The van der Waals surface area contributed by atoms with E-state index in [4.69, 9.17) is 34.2 Å². The van der Waals surface area contributed by atoms with Gasteiger partial charge in [0, 0.05) is 30.8 Å². The van der Waals surface area contributed by atoms with Gasteiger partial charge >= 0.3 is 5.97 Å². The lowest BCUT2D eigenvalue weighted by Gasteiger charge is -2.31. The molecule has 3 atom stereocenters. The zero-order valence-corrected chi connectivity index (χ0v) is 25.1. The minimum atomic E-state index is -1.01. The van der Waals surface area contributed by atoms with Crippen LogP contribution >= 0.6 is 0 Å². The highest BCUT2D eigenvalue weighted by atomic mass is 16.5. The molecule has 1 aliphatic carbocycles. The van der Waals surface area contributed by atoms with E-state index in [0.717, 1.165) is 61.7 Å². The molecule has 232 valence electrons. The molecular formula is C32H33N7O6. The molecule has 4 aromatic rings. The van der Waals surface area contributed by atoms with E-state index >= 15 is 0 Å². The van der Waals surface area contributed by atoms with Crippen LogP contribution in [0.1, 0.15) is 52.5 Å². The second-order valence-electron chi connectivity index (χ2n) is 11.8. The van der Waals surface area contributed by atoms with Crippen LogP contribution in [0.2, 0.25) is 0 Å². The number of benzene rings is 1. The highest BCUT2D eigenvalue weighted by molar-refractivity contribution is 5.95. The number of hydrogen-bond acceptors (Lipinski definition) is 11. The number of methoxy groups -OCH3 is 2. The zero-order chi connectivity index (χ0) is 31.1. The van der Waals surface area contributed by atoms with Gasteiger partial charge in [0.05, 0.1) is 50.1 Å². The van der Waals surface area contributed by atoms with Crippen LogP contribution in [0.25, 0.3) is 11.0 Å². The van der Waals surface area contributed by atoms with Crippen molar-refractivity contribution in [2.75, 3.05) is 33.9 Å². The smallest absolute Gasteiger partial charge is 0.335 e. The predicted molar refractivity (Wildman–Crippen MR) is 159 cm³/mol. The largest absolute Gasteiger partial charge is 0.494 e. The normalized spacial score (nSPS) is 22.2. The van der Waals surface area contributed by atoms with E-state index in [2.05, 4.69) is 19.4 Å². The fourth-order valence-electron chi connectivity index (χ4n) is 6.52. The third kappa shape index (κ3) is 5.40. The molecule has 0 amide bonds. The van der Waals surface area contributed by atoms with E-state index in [9.17, 15) is 9.90 Å². The highest BCUT2D eigenvalue weighted by Gasteiger charge is 2.59. The Kier molecular flexibility index (Phi) is 7.47. The van der Waals surface area contributed by atoms with Gasteiger partial charge in [0.1, 0.15) is 41.3 Å². The lowest BCUT2D eigenvalue weighted by molar-refractivity contribution is -0.0592. The molecule has 0 spiro atoms. The molecule has 3 aromatic heterocycles. The van der Waals surface area contributed by atoms with E-state index in [0.29, 0.717) is 42.0 Å². The molecule has 2 unspecified atom stereocenters. The average molecular weight is 612 g/mol. The van der Waals surface area contributed by atoms with E-state index in [1.807, 2.05) is 6.07 Å². The van der Waals surface area contributed by atoms with Gasteiger partial charge in [-0.25, -0.2) is 19.7 Å². The van der Waals surface area contributed by atoms with Crippen molar-refractivity contribution in [1.82, 2.24) is 29.4 Å². The fourth-order valence-corrected chi connectivity index (χ4v) is 6.52. The summed E-state index contributed by atoms with van der Waals surface area (Å²) in [7, 11) is 3.05. The first-order valence-corrected chi connectivity index (χ1v) is 15.0. The summed E-state index contributed by atoms with van der Waals surface area (Å²) in [6.07, 6.45) is 4.70. The van der Waals surface area contributed by atoms with Crippen molar-refractivity contribution in [2.24, 2.45) is 5.92 Å². The molecule has 1 aromatic carbocycles. The Labute approximate surface area is 259 Å². The van der Waals surface area contributed by atoms with Crippen LogP contribution in [-0.4, -0.2) is 80.5 Å². The number of carbonyl (C=O) groups is 1. The number of pyridine rings is 1. The molecule has 3 fully saturated rings. The van der Waals surface area contributed by atoms with Gasteiger partial charge in [-0.3, -0.25) is 4.90 Å². The van der Waals surface area contributed by atoms with E-state index in [1.165, 1.54) is 20.3 Å². The van der Waals surface area contributed by atoms with Crippen molar-refractivity contribution in [3.05, 3.63) is 65.0 Å². The van der Waals surface area contributed by atoms with Crippen molar-refractivity contribution < 1.29 is 28.8 Å². The predicted octanol–water partition coefficient (Wildman–Crippen LogP) is 3.34. The molecule has 3 aliphatic rings. The maximum absolute atomic E-state index is 11.8. The Morgan fingerprint density at radius 1 is 1.20 bits per heavy atom. The summed E-state index contributed by atoms with van der Waals surface area (Å²) in [6, 6.07) is 10.4. The number of aromatic nitrogens is 5. The van der Waals surface area contributed by atoms with Crippen molar-refractivity contribution in [3.8, 4) is 23.6 Å². The first-order valence-electron chi connectivity index (χ1n) is 15.0. The van der Waals surface area contributed by atoms with Crippen LogP contribution in [0.3, 0.4) is 0 Å². The van der Waals surface area contributed by atoms with Gasteiger partial charge in [-0.15, -0.1) is 0 Å². The number of aromatic carboxylic acids is 1. The lowest BCUT2D eigenvalue weighted by atomic mass is 9.94. The number of nitriles is 1. The van der Waals surface area contributed by atoms with Gasteiger partial charge < -0.3 is 28.6 Å². The number of piperidine rings is 1. The van der Waals surface area contributed by atoms with Crippen molar-refractivity contribution in [1.29, 1.82) is 5.26 Å². The summed E-state index contributed by atoms with van der Waals surface area (Å²) in [5.74, 6) is 2.36. The molecule has 0 radical (unpaired) electrons. The number of imidazole rings is 1. The van der Waals surface area contributed by atoms with Gasteiger partial charge in [-0.05, 0) is 56.0 Å². The Balaban J connectivity index is 1.06. The zero-order valence-electron chi connectivity index (χ0n) is 25.1. The van der Waals surface area contributed by atoms with Gasteiger partial charge in [0.15, 0.2) is 0 Å². The number of fused-ring (bicyclic) bond motifs is 2. The Bertz CT molecular complexity index is 1820. The number of carboxylic acid groups (broad SMARTS) is 1. The van der Waals surface area contributed by atoms with E-state index in [-0.39, 0.29) is 29.4 Å². The summed E-state index contributed by atoms with van der Waals surface area (Å²) in [5, 5.41) is 18.8. The summed E-state index contributed by atoms with van der Waals surface area (Å²) in [4.78, 5) is 32.8. The number of hydrogen-bond donors (Lipinski definition) is 1. The molecule has 13 heteroatoms. The summed E-state index contributed by atoms with van der Waals surface area (Å²) in [5.41, 5.74) is 2.49. The highest BCUT2D eigenvalue weighted by Crippen LogP contribution is 2.58. The van der Waals surface area contributed by atoms with Gasteiger partial charge in [-0.1, -0.05) is 0 Å². The number of rotatable bonds is 11. The topological polar surface area (TPSA) is 158 Å². The van der Waals surface area contributed by atoms with Gasteiger partial charge in [0.2, 0.25) is 11.8 Å². The molecule has 2 saturated heterocycles. The summed E-state index contributed by atoms with van der Waals surface area (Å²) < 4.78 is 24.7. The second kappa shape index (κ2) is 11.6. The number of likely N-dealkylation sites (tertiary alicyclic amines) is 1. The van der Waals surface area contributed by atoms with Crippen LogP contribution < -0.4 is 14.2 Å². The molecule has 1 saturated carbocycles. The Hall–Kier alpha value is -4.80. The van der Waals surface area contributed by atoms with Crippen LogP contribution in [0.5, 0.6) is 17.5 Å². The first-order chi connectivity index (χ1) is 21.9. The summed E-state index contributed by atoms with van der Waals surface area (Å²) in [6.45, 7) is 3.91. The second-order valence-corrected chi connectivity index (χ2v) is 11.8. The Morgan fingerprint density at radius 3 is 2.78 bits per heavy atom. The standard InChI is InChI=1S/C32H33N7O6/c1-42-25-12-20(30(40)41)11-24-28(25)36-26(39(24)16-23-6-10-44-23)17-38-9-7-32(13-21(32)15-38)31-34-8-5-27(37-31)45-18-19-3-4-22(14-33)35-29(19)43-2/h3-5,8,11-12,21,23H,6-7,9-10,13,15-18H2,1-2H3,(H,40,41)/t21?,23-,32?/m0/s1. The fraction of sp³-hybridized carbons (Fsp3) is 0.438. The van der Waals surface area contributed by atoms with Gasteiger partial charge in [0.25, 0.3) is 0 Å². The van der Waals surface area contributed by atoms with Crippen LogP contribution in [-0.2, 0) is 29.8 Å². The molecule has 7 rings (SSSR count). The SMILES string of the molecule is COc1nc(C#N)ccc1COc1ccnc(C23CCN(Cc4nc5c(OC)cc(C(=O)O)cc5n4C[C@@H]4CCO4)CC2C3)n1. The molecule has 2 aliphatic heterocycles. The maximum atomic E-state index is 11.8. The first kappa shape index (κ1) is 28.9. The minimum Gasteiger partial charge on any atom is -0.494 e. The third-order valence-corrected chi connectivity index (χ3v) is 9.19. The van der Waals surface area contributed by atoms with Crippen LogP contribution in [0.4, 0.5) is 0 Å². The molecule has 13 nitrogen and oxygen atoms in total. The summed E-state index contributed by atoms with van der Waals surface area (Å²) >= 11 is 0. The van der Waals surface area contributed by atoms with Crippen LogP contribution in [0, 0.1) is 17.2 Å². The van der Waals surface area contributed by atoms with Crippen molar-refractivity contribution in [2.45, 2.75) is 50.5 Å². The Morgan fingerprint density at radius 2 is 2.07 bits per heavy atom. The number of nitrogens with zero attached hydrogens (tertiary/aromatic N) is 7. The molecule has 0 bridgehead atoms. The third-order valence-electron chi connectivity index (χ3n) is 9.19. The van der Waals surface area contributed by atoms with E-state index < -0.39 is 5.97 Å². The quantitative estimate of drug-likeness (QED) is 0.264. The number of ether oxygens (including phenoxy) is 4. The van der Waals surface area contributed by atoms with Crippen LogP contribution in [0.15, 0.2) is 36.5 Å². The maximum Gasteiger partial charge on any atom is 0.335 e. The molecule has 45 heavy (non-hydrogen) atoms. The van der Waals surface area contributed by atoms with Gasteiger partial charge in [-0.2, -0.15) is 10.2 Å². The molecular weight excluding hydrogens is 578 g/mol. The average Bonchev–Trinajstić information content (AvgIpc) is 3.68. The monoisotopic (exact) mass is 611 g/mol. The minimum absolute atomic E-state index is 0.0803. The molecule has 5 heterocycles. The van der Waals surface area contributed by atoms with Crippen molar-refractivity contribution >= 4 is 17.0 Å². The van der Waals surface area contributed by atoms with E-state index in [1.54, 1.807) is 30.5 Å². The van der Waals surface area contributed by atoms with Crippen molar-refractivity contribution in [3.63, 3.8) is 0 Å². The lowest BCUT2D eigenvalue weighted by Crippen LogP contribution is -2.38. The number of carboxylic acids is 1.